The van der Waals surface area contributed by atoms with Crippen molar-refractivity contribution in [3.05, 3.63) is 0 Å². The fourth-order valence-corrected chi connectivity index (χ4v) is 2.98. The van der Waals surface area contributed by atoms with Crippen LogP contribution in [0.2, 0.25) is 0 Å². The predicted molar refractivity (Wildman–Crippen MR) is 71.9 cm³/mol. The number of nitrogens with one attached hydrogen (secondary N) is 1. The fourth-order valence-electron chi connectivity index (χ4n) is 2.98. The quantitative estimate of drug-likeness (QED) is 0.803. The Kier molecular flexibility index (Phi) is 4.02. The molecule has 0 radical (unpaired) electrons. The van der Waals surface area contributed by atoms with Gasteiger partial charge in [0.15, 0.2) is 0 Å². The number of aliphatic carboxylic acids is 1. The zero-order valence-electron chi connectivity index (χ0n) is 11.8. The molecule has 0 aromatic rings. The molecule has 2 amide bonds. The Morgan fingerprint density at radius 1 is 1.21 bits per heavy atom. The molecule has 0 bridgehead atoms. The number of hydrogen-bond acceptors (Lipinski definition) is 2. The zero-order valence-corrected chi connectivity index (χ0v) is 11.8. The lowest BCUT2D eigenvalue weighted by Crippen LogP contribution is -2.54. The number of carboxylic acid groups (broad SMARTS) is 1. The van der Waals surface area contributed by atoms with Crippen LogP contribution in [0.3, 0.4) is 0 Å². The smallest absolute Gasteiger partial charge is 0.323 e. The highest BCUT2D eigenvalue weighted by Crippen LogP contribution is 2.39. The van der Waals surface area contributed by atoms with Gasteiger partial charge in [-0.2, -0.15) is 0 Å². The minimum atomic E-state index is -0.939. The number of urea groups is 1. The van der Waals surface area contributed by atoms with Gasteiger partial charge in [-0.1, -0.05) is 12.8 Å². The Balaban J connectivity index is 1.99. The molecular weight excluding hydrogens is 244 g/mol. The van der Waals surface area contributed by atoms with Crippen molar-refractivity contribution < 1.29 is 14.7 Å². The van der Waals surface area contributed by atoms with E-state index in [2.05, 4.69) is 5.32 Å². The summed E-state index contributed by atoms with van der Waals surface area (Å²) in [6.07, 6.45) is 6.31. The van der Waals surface area contributed by atoms with Crippen molar-refractivity contribution in [1.82, 2.24) is 10.2 Å². The highest BCUT2D eigenvalue weighted by Gasteiger charge is 2.40. The van der Waals surface area contributed by atoms with Crippen LogP contribution in [-0.4, -0.2) is 40.1 Å². The number of carboxylic acids is 1. The first kappa shape index (κ1) is 14.2. The van der Waals surface area contributed by atoms with Gasteiger partial charge in [0.1, 0.15) is 6.54 Å². The maximum atomic E-state index is 12.4. The third kappa shape index (κ3) is 3.61. The first-order valence-corrected chi connectivity index (χ1v) is 7.21. The number of rotatable bonds is 5. The highest BCUT2D eigenvalue weighted by atomic mass is 16.4. The third-order valence-corrected chi connectivity index (χ3v) is 4.36. The van der Waals surface area contributed by atoms with Gasteiger partial charge in [0.25, 0.3) is 0 Å². The van der Waals surface area contributed by atoms with Gasteiger partial charge in [-0.3, -0.25) is 4.79 Å². The van der Waals surface area contributed by atoms with E-state index in [0.717, 1.165) is 38.5 Å². The molecule has 2 N–H and O–H groups in total. The average Bonchev–Trinajstić information content (AvgIpc) is 3.03. The molecule has 5 heteroatoms. The van der Waals surface area contributed by atoms with E-state index < -0.39 is 5.97 Å². The molecule has 0 unspecified atom stereocenters. The Labute approximate surface area is 114 Å². The molecule has 2 saturated carbocycles. The molecule has 2 aliphatic carbocycles. The van der Waals surface area contributed by atoms with E-state index in [1.807, 2.05) is 13.8 Å². The van der Waals surface area contributed by atoms with Gasteiger partial charge in [0, 0.05) is 11.6 Å². The molecular formula is C14H24N2O3. The van der Waals surface area contributed by atoms with Crippen LogP contribution in [-0.2, 0) is 4.79 Å². The van der Waals surface area contributed by atoms with Crippen LogP contribution in [0.5, 0.6) is 0 Å². The molecule has 108 valence electrons. The lowest BCUT2D eigenvalue weighted by molar-refractivity contribution is -0.138. The van der Waals surface area contributed by atoms with E-state index in [1.54, 1.807) is 0 Å². The molecule has 0 saturated heterocycles. The van der Waals surface area contributed by atoms with Gasteiger partial charge in [0.2, 0.25) is 0 Å². The average molecular weight is 268 g/mol. The van der Waals surface area contributed by atoms with Crippen molar-refractivity contribution >= 4 is 12.0 Å². The standard InChI is InChI=1S/C14H24N2O3/c1-14(2,10-7-8-10)15-13(19)16(9-12(17)18)11-5-3-4-6-11/h10-11H,3-9H2,1-2H3,(H,15,19)(H,17,18). The van der Waals surface area contributed by atoms with Gasteiger partial charge in [0.05, 0.1) is 0 Å². The lowest BCUT2D eigenvalue weighted by atomic mass is 9.99. The van der Waals surface area contributed by atoms with Crippen LogP contribution in [0.25, 0.3) is 0 Å². The summed E-state index contributed by atoms with van der Waals surface area (Å²) in [6, 6.07) is -0.127. The Bertz CT molecular complexity index is 358. The van der Waals surface area contributed by atoms with Crippen molar-refractivity contribution in [3.8, 4) is 0 Å². The van der Waals surface area contributed by atoms with Crippen LogP contribution in [0.15, 0.2) is 0 Å². The molecule has 5 nitrogen and oxygen atoms in total. The molecule has 0 atom stereocenters. The van der Waals surface area contributed by atoms with Gasteiger partial charge in [-0.15, -0.1) is 0 Å². The van der Waals surface area contributed by atoms with Gasteiger partial charge in [-0.05, 0) is 45.4 Å². The summed E-state index contributed by atoms with van der Waals surface area (Å²) in [5.74, 6) is -0.405. The summed E-state index contributed by atoms with van der Waals surface area (Å²) < 4.78 is 0. The maximum Gasteiger partial charge on any atom is 0.323 e. The van der Waals surface area contributed by atoms with Crippen molar-refractivity contribution in [3.63, 3.8) is 0 Å². The van der Waals surface area contributed by atoms with Crippen molar-refractivity contribution in [2.24, 2.45) is 5.92 Å². The summed E-state index contributed by atoms with van der Waals surface area (Å²) in [5, 5.41) is 12.0. The number of amides is 2. The summed E-state index contributed by atoms with van der Waals surface area (Å²) in [4.78, 5) is 24.8. The molecule has 0 aromatic carbocycles. The van der Waals surface area contributed by atoms with E-state index in [0.29, 0.717) is 5.92 Å². The molecule has 2 aliphatic rings. The van der Waals surface area contributed by atoms with Crippen LogP contribution >= 0.6 is 0 Å². The first-order chi connectivity index (χ1) is 8.90. The van der Waals surface area contributed by atoms with Crippen LogP contribution in [0, 0.1) is 5.92 Å². The first-order valence-electron chi connectivity index (χ1n) is 7.21. The largest absolute Gasteiger partial charge is 0.480 e. The lowest BCUT2D eigenvalue weighted by Gasteiger charge is -2.33. The number of carbonyl (C=O) groups is 2. The monoisotopic (exact) mass is 268 g/mol. The summed E-state index contributed by atoms with van der Waals surface area (Å²) in [5.41, 5.74) is -0.230. The number of hydrogen-bond donors (Lipinski definition) is 2. The molecule has 0 heterocycles. The summed E-state index contributed by atoms with van der Waals surface area (Å²) in [6.45, 7) is 3.85. The summed E-state index contributed by atoms with van der Waals surface area (Å²) in [7, 11) is 0. The minimum absolute atomic E-state index is 0.0890. The molecule has 19 heavy (non-hydrogen) atoms. The Morgan fingerprint density at radius 3 is 2.26 bits per heavy atom. The normalized spacial score (nSPS) is 20.3. The highest BCUT2D eigenvalue weighted by molar-refractivity contribution is 5.81. The van der Waals surface area contributed by atoms with Crippen molar-refractivity contribution in [2.45, 2.75) is 64.0 Å². The van der Waals surface area contributed by atoms with Crippen LogP contribution < -0.4 is 5.32 Å². The van der Waals surface area contributed by atoms with Crippen LogP contribution in [0.1, 0.15) is 52.4 Å². The maximum absolute atomic E-state index is 12.4. The topological polar surface area (TPSA) is 69.6 Å². The van der Waals surface area contributed by atoms with E-state index >= 15 is 0 Å². The third-order valence-electron chi connectivity index (χ3n) is 4.36. The van der Waals surface area contributed by atoms with E-state index in [1.165, 1.54) is 4.90 Å². The molecule has 0 aromatic heterocycles. The summed E-state index contributed by atoms with van der Waals surface area (Å²) >= 11 is 0. The van der Waals surface area contributed by atoms with E-state index in [-0.39, 0.29) is 24.2 Å². The van der Waals surface area contributed by atoms with Gasteiger partial charge in [-0.25, -0.2) is 4.79 Å². The second-order valence-corrected chi connectivity index (χ2v) is 6.39. The number of nitrogens with zero attached hydrogens (tertiary/aromatic N) is 1. The number of carbonyl (C=O) groups excluding carboxylic acids is 1. The van der Waals surface area contributed by atoms with Gasteiger partial charge >= 0.3 is 12.0 Å². The predicted octanol–water partition coefficient (Wildman–Crippen LogP) is 2.21. The van der Waals surface area contributed by atoms with Gasteiger partial charge < -0.3 is 15.3 Å². The molecule has 2 rings (SSSR count). The van der Waals surface area contributed by atoms with Crippen molar-refractivity contribution in [1.29, 1.82) is 0 Å². The van der Waals surface area contributed by atoms with Crippen molar-refractivity contribution in [2.75, 3.05) is 6.54 Å². The molecule has 0 aliphatic heterocycles. The second-order valence-electron chi connectivity index (χ2n) is 6.39. The minimum Gasteiger partial charge on any atom is -0.480 e. The SMILES string of the molecule is CC(C)(NC(=O)N(CC(=O)O)C1CCCC1)C1CC1. The van der Waals surface area contributed by atoms with Crippen LogP contribution in [0.4, 0.5) is 4.79 Å². The second kappa shape index (κ2) is 5.39. The fraction of sp³-hybridized carbons (Fsp3) is 0.857. The Morgan fingerprint density at radius 2 is 1.79 bits per heavy atom. The Hall–Kier alpha value is -1.26. The van der Waals surface area contributed by atoms with E-state index in [4.69, 9.17) is 5.11 Å². The van der Waals surface area contributed by atoms with E-state index in [9.17, 15) is 9.59 Å². The molecule has 2 fully saturated rings. The zero-order chi connectivity index (χ0) is 14.0. The molecule has 0 spiro atoms.